The van der Waals surface area contributed by atoms with Crippen molar-refractivity contribution in [2.75, 3.05) is 13.1 Å². The van der Waals surface area contributed by atoms with E-state index < -0.39 is 0 Å². The maximum absolute atomic E-state index is 9.96. The van der Waals surface area contributed by atoms with Crippen molar-refractivity contribution in [2.45, 2.75) is 37.3 Å². The summed E-state index contributed by atoms with van der Waals surface area (Å²) in [4.78, 5) is 0. The highest BCUT2D eigenvalue weighted by Gasteiger charge is 2.46. The van der Waals surface area contributed by atoms with Crippen molar-refractivity contribution in [1.82, 2.24) is 10.6 Å². The number of nitrogens with one attached hydrogen (secondary N) is 2. The fourth-order valence-corrected chi connectivity index (χ4v) is 2.86. The molecular formula is C14H20N2O. The molecule has 92 valence electrons. The summed E-state index contributed by atoms with van der Waals surface area (Å²) in [6.45, 7) is 2.19. The number of aromatic hydroxyl groups is 1. The van der Waals surface area contributed by atoms with E-state index in [0.717, 1.165) is 31.5 Å². The third-order valence-electron chi connectivity index (χ3n) is 3.95. The highest BCUT2D eigenvalue weighted by molar-refractivity contribution is 5.41. The van der Waals surface area contributed by atoms with Gasteiger partial charge in [-0.3, -0.25) is 0 Å². The molecule has 3 heteroatoms. The van der Waals surface area contributed by atoms with Crippen LogP contribution >= 0.6 is 0 Å². The lowest BCUT2D eigenvalue weighted by molar-refractivity contribution is 0.336. The molecule has 1 unspecified atom stereocenters. The molecule has 1 aromatic rings. The van der Waals surface area contributed by atoms with Crippen molar-refractivity contribution >= 4 is 0 Å². The Kier molecular flexibility index (Phi) is 2.81. The van der Waals surface area contributed by atoms with Crippen LogP contribution in [0.3, 0.4) is 0 Å². The first-order chi connectivity index (χ1) is 8.30. The summed E-state index contributed by atoms with van der Waals surface area (Å²) in [7, 11) is 0. The maximum Gasteiger partial charge on any atom is 0.120 e. The van der Waals surface area contributed by atoms with E-state index in [1.54, 1.807) is 6.07 Å². The molecule has 3 nitrogen and oxygen atoms in total. The van der Waals surface area contributed by atoms with Gasteiger partial charge >= 0.3 is 0 Å². The summed E-state index contributed by atoms with van der Waals surface area (Å²) in [5.74, 6) is 0.432. The number of piperidine rings is 1. The van der Waals surface area contributed by atoms with Gasteiger partial charge in [-0.05, 0) is 38.3 Å². The second-order valence-electron chi connectivity index (χ2n) is 5.29. The molecule has 17 heavy (non-hydrogen) atoms. The predicted molar refractivity (Wildman–Crippen MR) is 68.0 cm³/mol. The average molecular weight is 232 g/mol. The van der Waals surface area contributed by atoms with Gasteiger partial charge in [-0.25, -0.2) is 0 Å². The van der Waals surface area contributed by atoms with Crippen LogP contribution in [-0.2, 0) is 5.54 Å². The summed E-state index contributed by atoms with van der Waals surface area (Å²) in [6.07, 6.45) is 4.76. The molecule has 0 amide bonds. The minimum atomic E-state index is 0.0506. The van der Waals surface area contributed by atoms with E-state index in [9.17, 15) is 5.11 Å². The summed E-state index contributed by atoms with van der Waals surface area (Å²) in [5, 5.41) is 17.1. The smallest absolute Gasteiger partial charge is 0.120 e. The number of phenolic OH excluding ortho intramolecular Hbond substituents is 1. The van der Waals surface area contributed by atoms with Crippen LogP contribution in [0.4, 0.5) is 0 Å². The molecule has 1 atom stereocenters. The summed E-state index contributed by atoms with van der Waals surface area (Å²) in [5.41, 5.74) is 1.13. The zero-order valence-corrected chi connectivity index (χ0v) is 10.1. The lowest BCUT2D eigenvalue weighted by Gasteiger charge is -2.29. The Labute approximate surface area is 102 Å². The Morgan fingerprint density at radius 2 is 2.12 bits per heavy atom. The second kappa shape index (κ2) is 4.31. The molecule has 1 saturated heterocycles. The highest BCUT2D eigenvalue weighted by Crippen LogP contribution is 2.49. The Bertz CT molecular complexity index is 395. The molecule has 1 aromatic carbocycles. The molecule has 1 heterocycles. The van der Waals surface area contributed by atoms with Crippen LogP contribution in [0.1, 0.15) is 31.2 Å². The number of hydrogen-bond acceptors (Lipinski definition) is 3. The molecule has 1 aliphatic carbocycles. The largest absolute Gasteiger partial charge is 0.508 e. The first-order valence-corrected chi connectivity index (χ1v) is 6.57. The molecule has 1 saturated carbocycles. The van der Waals surface area contributed by atoms with Crippen molar-refractivity contribution in [2.24, 2.45) is 0 Å². The monoisotopic (exact) mass is 232 g/mol. The van der Waals surface area contributed by atoms with Crippen LogP contribution in [0.25, 0.3) is 0 Å². The number of phenols is 1. The van der Waals surface area contributed by atoms with Gasteiger partial charge in [0, 0.05) is 23.7 Å². The molecule has 2 aliphatic rings. The van der Waals surface area contributed by atoms with Gasteiger partial charge in [0.15, 0.2) is 0 Å². The van der Waals surface area contributed by atoms with Gasteiger partial charge in [0.1, 0.15) is 5.75 Å². The van der Waals surface area contributed by atoms with E-state index in [1.807, 2.05) is 18.2 Å². The molecule has 0 aromatic heterocycles. The lowest BCUT2D eigenvalue weighted by Crippen LogP contribution is -2.47. The molecule has 0 radical (unpaired) electrons. The Morgan fingerprint density at radius 1 is 1.29 bits per heavy atom. The SMILES string of the molecule is Oc1ccccc1C1(NC2CCCNC2)CC1. The van der Waals surface area contributed by atoms with E-state index in [-0.39, 0.29) is 5.54 Å². The molecule has 0 bridgehead atoms. The van der Waals surface area contributed by atoms with Crippen molar-refractivity contribution in [3.8, 4) is 5.75 Å². The minimum absolute atomic E-state index is 0.0506. The summed E-state index contributed by atoms with van der Waals surface area (Å²) >= 11 is 0. The third-order valence-corrected chi connectivity index (χ3v) is 3.95. The summed E-state index contributed by atoms with van der Waals surface area (Å²) < 4.78 is 0. The molecule has 0 spiro atoms. The zero-order chi connectivity index (χ0) is 11.7. The van der Waals surface area contributed by atoms with Gasteiger partial charge in [-0.15, -0.1) is 0 Å². The van der Waals surface area contributed by atoms with Crippen molar-refractivity contribution in [3.63, 3.8) is 0 Å². The predicted octanol–water partition coefficient (Wildman–Crippen LogP) is 1.72. The number of para-hydroxylation sites is 1. The number of rotatable bonds is 3. The zero-order valence-electron chi connectivity index (χ0n) is 10.1. The standard InChI is InChI=1S/C14H20N2O/c17-13-6-2-1-5-12(13)14(7-8-14)16-11-4-3-9-15-10-11/h1-2,5-6,11,15-17H,3-4,7-10H2. The molecular weight excluding hydrogens is 212 g/mol. The normalized spacial score (nSPS) is 26.7. The van der Waals surface area contributed by atoms with Crippen LogP contribution in [0.2, 0.25) is 0 Å². The second-order valence-corrected chi connectivity index (χ2v) is 5.29. The van der Waals surface area contributed by atoms with E-state index >= 15 is 0 Å². The average Bonchev–Trinajstić information content (AvgIpc) is 3.12. The quantitative estimate of drug-likeness (QED) is 0.743. The van der Waals surface area contributed by atoms with E-state index in [0.29, 0.717) is 11.8 Å². The Morgan fingerprint density at radius 3 is 2.76 bits per heavy atom. The maximum atomic E-state index is 9.96. The van der Waals surface area contributed by atoms with Gasteiger partial charge in [0.05, 0.1) is 0 Å². The molecule has 3 N–H and O–H groups in total. The number of benzene rings is 1. The molecule has 2 fully saturated rings. The topological polar surface area (TPSA) is 44.3 Å². The van der Waals surface area contributed by atoms with E-state index in [4.69, 9.17) is 0 Å². The van der Waals surface area contributed by atoms with Crippen LogP contribution in [0.5, 0.6) is 5.75 Å². The van der Waals surface area contributed by atoms with Crippen molar-refractivity contribution < 1.29 is 5.11 Å². The van der Waals surface area contributed by atoms with Crippen LogP contribution < -0.4 is 10.6 Å². The van der Waals surface area contributed by atoms with Gasteiger partial charge in [-0.2, -0.15) is 0 Å². The third kappa shape index (κ3) is 2.17. The van der Waals surface area contributed by atoms with Crippen molar-refractivity contribution in [3.05, 3.63) is 29.8 Å². The first kappa shape index (κ1) is 11.1. The Balaban J connectivity index is 1.75. The first-order valence-electron chi connectivity index (χ1n) is 6.57. The minimum Gasteiger partial charge on any atom is -0.508 e. The van der Waals surface area contributed by atoms with E-state index in [2.05, 4.69) is 10.6 Å². The summed E-state index contributed by atoms with van der Waals surface area (Å²) in [6, 6.07) is 8.28. The fraction of sp³-hybridized carbons (Fsp3) is 0.571. The van der Waals surface area contributed by atoms with Crippen LogP contribution in [0.15, 0.2) is 24.3 Å². The van der Waals surface area contributed by atoms with Gasteiger partial charge in [0.25, 0.3) is 0 Å². The highest BCUT2D eigenvalue weighted by atomic mass is 16.3. The van der Waals surface area contributed by atoms with Gasteiger partial charge < -0.3 is 15.7 Å². The Hall–Kier alpha value is -1.06. The lowest BCUT2D eigenvalue weighted by atomic mass is 10.00. The molecule has 1 aliphatic heterocycles. The molecule has 3 rings (SSSR count). The van der Waals surface area contributed by atoms with Gasteiger partial charge in [-0.1, -0.05) is 18.2 Å². The van der Waals surface area contributed by atoms with Gasteiger partial charge in [0.2, 0.25) is 0 Å². The van der Waals surface area contributed by atoms with E-state index in [1.165, 1.54) is 12.8 Å². The van der Waals surface area contributed by atoms with Crippen molar-refractivity contribution in [1.29, 1.82) is 0 Å². The van der Waals surface area contributed by atoms with Crippen LogP contribution in [-0.4, -0.2) is 24.2 Å². The fourth-order valence-electron chi connectivity index (χ4n) is 2.86. The van der Waals surface area contributed by atoms with Crippen LogP contribution in [0, 0.1) is 0 Å². The number of hydrogen-bond donors (Lipinski definition) is 3.